The van der Waals surface area contributed by atoms with Crippen molar-refractivity contribution in [2.45, 2.75) is 44.8 Å². The van der Waals surface area contributed by atoms with Gasteiger partial charge in [0.2, 0.25) is 11.8 Å². The molecule has 0 saturated heterocycles. The molecule has 1 aromatic carbocycles. The molecule has 3 heterocycles. The Balaban J connectivity index is 1.68. The van der Waals surface area contributed by atoms with E-state index in [0.717, 1.165) is 24.8 Å². The maximum atomic E-state index is 13.5. The summed E-state index contributed by atoms with van der Waals surface area (Å²) in [5.41, 5.74) is 1.11. The van der Waals surface area contributed by atoms with Gasteiger partial charge < -0.3 is 15.0 Å². The average molecular weight is 443 g/mol. The van der Waals surface area contributed by atoms with Gasteiger partial charge in [-0.3, -0.25) is 19.4 Å². The minimum Gasteiger partial charge on any atom is -0.506 e. The van der Waals surface area contributed by atoms with Crippen LogP contribution in [0.4, 0.5) is 5.82 Å². The molecule has 31 heavy (non-hydrogen) atoms. The van der Waals surface area contributed by atoms with Crippen LogP contribution in [-0.2, 0) is 6.54 Å². The molecule has 2 aromatic rings. The van der Waals surface area contributed by atoms with Gasteiger partial charge in [0.15, 0.2) is 11.5 Å². The number of aromatic hydroxyl groups is 1. The van der Waals surface area contributed by atoms with E-state index >= 15 is 0 Å². The maximum absolute atomic E-state index is 13.5. The zero-order valence-electron chi connectivity index (χ0n) is 17.3. The van der Waals surface area contributed by atoms with E-state index in [-0.39, 0.29) is 47.0 Å². The maximum Gasteiger partial charge on any atom is 0.287 e. The van der Waals surface area contributed by atoms with Crippen molar-refractivity contribution in [2.75, 3.05) is 18.5 Å². The van der Waals surface area contributed by atoms with E-state index in [0.29, 0.717) is 24.0 Å². The van der Waals surface area contributed by atoms with Crippen LogP contribution >= 0.6 is 11.6 Å². The summed E-state index contributed by atoms with van der Waals surface area (Å²) in [7, 11) is 1.54. The predicted molar refractivity (Wildman–Crippen MR) is 116 cm³/mol. The molecular formula is C21H23ClN6O3. The van der Waals surface area contributed by atoms with Gasteiger partial charge in [-0.1, -0.05) is 17.7 Å². The molecule has 5 rings (SSSR count). The number of carbonyl (C=O) groups is 2. The number of rotatable bonds is 4. The zero-order chi connectivity index (χ0) is 21.9. The van der Waals surface area contributed by atoms with Crippen molar-refractivity contribution in [3.63, 3.8) is 0 Å². The van der Waals surface area contributed by atoms with Crippen molar-refractivity contribution in [3.05, 3.63) is 40.3 Å². The molecule has 1 saturated carbocycles. The van der Waals surface area contributed by atoms with Crippen molar-refractivity contribution in [2.24, 2.45) is 4.99 Å². The highest BCUT2D eigenvalue weighted by molar-refractivity contribution is 6.32. The molecule has 1 fully saturated rings. The Morgan fingerprint density at radius 1 is 1.35 bits per heavy atom. The molecule has 0 unspecified atom stereocenters. The van der Waals surface area contributed by atoms with E-state index in [2.05, 4.69) is 10.3 Å². The summed E-state index contributed by atoms with van der Waals surface area (Å²) in [6.45, 7) is 2.60. The second-order valence-corrected chi connectivity index (χ2v) is 8.38. The minimum absolute atomic E-state index is 0.0250. The van der Waals surface area contributed by atoms with E-state index in [1.54, 1.807) is 21.6 Å². The zero-order valence-corrected chi connectivity index (χ0v) is 18.1. The van der Waals surface area contributed by atoms with Crippen molar-refractivity contribution in [1.29, 1.82) is 0 Å². The molecule has 0 radical (unpaired) electrons. The first kappa shape index (κ1) is 19.9. The van der Waals surface area contributed by atoms with E-state index in [4.69, 9.17) is 16.6 Å². The summed E-state index contributed by atoms with van der Waals surface area (Å²) >= 11 is 6.08. The SMILES string of the molecule is CCN1C(=O)c2c(nc(C(=O)NC)n2Cc2ccc(O)c(Cl)c2)N2C1=N[C@@H]1CCC[C@@H]12. The fraction of sp³-hybridized carbons (Fsp3) is 0.429. The molecule has 2 N–H and O–H groups in total. The van der Waals surface area contributed by atoms with Crippen LogP contribution in [0, 0.1) is 0 Å². The van der Waals surface area contributed by atoms with Crippen LogP contribution in [0.2, 0.25) is 5.02 Å². The molecule has 10 heteroatoms. The molecule has 0 bridgehead atoms. The standard InChI is InChI=1S/C21H23ClN6O3/c1-3-26-20(31)16-17(28-14-6-4-5-13(14)24-21(26)28)25-18(19(30)23-2)27(16)10-11-7-8-15(29)12(22)9-11/h7-9,13-14,29H,3-6,10H2,1-2H3,(H,23,30)/t13-,14+/m1/s1. The van der Waals surface area contributed by atoms with Gasteiger partial charge in [0, 0.05) is 13.6 Å². The lowest BCUT2D eigenvalue weighted by atomic mass is 10.1. The minimum atomic E-state index is -0.379. The number of aromatic nitrogens is 2. The molecule has 1 aromatic heterocycles. The van der Waals surface area contributed by atoms with Gasteiger partial charge in [-0.15, -0.1) is 0 Å². The highest BCUT2D eigenvalue weighted by Gasteiger charge is 2.50. The number of guanidine groups is 1. The van der Waals surface area contributed by atoms with Crippen LogP contribution in [0.25, 0.3) is 0 Å². The Labute approximate surface area is 184 Å². The van der Waals surface area contributed by atoms with Gasteiger partial charge in [-0.05, 0) is 43.9 Å². The van der Waals surface area contributed by atoms with Gasteiger partial charge in [0.1, 0.15) is 5.75 Å². The van der Waals surface area contributed by atoms with Crippen LogP contribution in [0.5, 0.6) is 5.75 Å². The Kier molecular flexibility index (Phi) is 4.65. The van der Waals surface area contributed by atoms with Crippen molar-refractivity contribution >= 4 is 35.2 Å². The number of aliphatic imine (C=N–C) groups is 1. The van der Waals surface area contributed by atoms with Crippen molar-refractivity contribution in [1.82, 2.24) is 19.8 Å². The topological polar surface area (TPSA) is 103 Å². The fourth-order valence-electron chi connectivity index (χ4n) is 4.78. The van der Waals surface area contributed by atoms with Gasteiger partial charge >= 0.3 is 0 Å². The lowest BCUT2D eigenvalue weighted by Gasteiger charge is -2.35. The second-order valence-electron chi connectivity index (χ2n) is 7.97. The second kappa shape index (κ2) is 7.26. The number of amides is 2. The smallest absolute Gasteiger partial charge is 0.287 e. The van der Waals surface area contributed by atoms with Crippen LogP contribution in [0.1, 0.15) is 52.9 Å². The van der Waals surface area contributed by atoms with E-state index < -0.39 is 0 Å². The summed E-state index contributed by atoms with van der Waals surface area (Å²) in [4.78, 5) is 39.4. The Bertz CT molecular complexity index is 1130. The molecular weight excluding hydrogens is 420 g/mol. The highest BCUT2D eigenvalue weighted by atomic mass is 35.5. The van der Waals surface area contributed by atoms with Gasteiger partial charge in [-0.2, -0.15) is 0 Å². The number of halogens is 1. The number of anilines is 1. The number of phenols is 1. The third-order valence-electron chi connectivity index (χ3n) is 6.24. The fourth-order valence-corrected chi connectivity index (χ4v) is 4.98. The monoisotopic (exact) mass is 442 g/mol. The Hall–Kier alpha value is -3.07. The number of phenolic OH excluding ortho intramolecular Hbond substituents is 1. The summed E-state index contributed by atoms with van der Waals surface area (Å²) in [5, 5.41) is 12.6. The van der Waals surface area contributed by atoms with E-state index in [1.807, 2.05) is 11.8 Å². The molecule has 9 nitrogen and oxygen atoms in total. The Morgan fingerprint density at radius 3 is 2.87 bits per heavy atom. The number of nitrogens with zero attached hydrogens (tertiary/aromatic N) is 5. The summed E-state index contributed by atoms with van der Waals surface area (Å²) in [6, 6.07) is 5.13. The molecule has 2 amide bonds. The highest BCUT2D eigenvalue weighted by Crippen LogP contribution is 2.41. The number of benzene rings is 1. The van der Waals surface area contributed by atoms with Crippen LogP contribution < -0.4 is 10.2 Å². The lowest BCUT2D eigenvalue weighted by molar-refractivity contribution is 0.0835. The first-order valence-electron chi connectivity index (χ1n) is 10.4. The summed E-state index contributed by atoms with van der Waals surface area (Å²) in [5.74, 6) is 0.657. The summed E-state index contributed by atoms with van der Waals surface area (Å²) in [6.07, 6.45) is 3.03. The number of hydrogen-bond donors (Lipinski definition) is 2. The molecule has 162 valence electrons. The third-order valence-corrected chi connectivity index (χ3v) is 6.54. The van der Waals surface area contributed by atoms with Crippen LogP contribution in [0.3, 0.4) is 0 Å². The normalized spacial score (nSPS) is 21.6. The van der Waals surface area contributed by atoms with Gasteiger partial charge in [0.25, 0.3) is 11.8 Å². The summed E-state index contributed by atoms with van der Waals surface area (Å²) < 4.78 is 1.64. The number of carbonyl (C=O) groups excluding carboxylic acids is 2. The average Bonchev–Trinajstić information content (AvgIpc) is 3.44. The lowest BCUT2D eigenvalue weighted by Crippen LogP contribution is -2.53. The Morgan fingerprint density at radius 2 is 2.16 bits per heavy atom. The predicted octanol–water partition coefficient (Wildman–Crippen LogP) is 2.22. The number of hydrogen-bond acceptors (Lipinski definition) is 6. The quantitative estimate of drug-likeness (QED) is 0.755. The number of fused-ring (bicyclic) bond motifs is 5. The first-order chi connectivity index (χ1) is 14.9. The molecule has 2 aliphatic heterocycles. The molecule has 1 aliphatic carbocycles. The van der Waals surface area contributed by atoms with E-state index in [1.165, 1.54) is 13.1 Å². The number of nitrogens with one attached hydrogen (secondary N) is 1. The molecule has 0 spiro atoms. The largest absolute Gasteiger partial charge is 0.506 e. The van der Waals surface area contributed by atoms with Gasteiger partial charge in [0.05, 0.1) is 23.7 Å². The molecule has 3 aliphatic rings. The number of imidazole rings is 1. The van der Waals surface area contributed by atoms with E-state index in [9.17, 15) is 14.7 Å². The van der Waals surface area contributed by atoms with Crippen LogP contribution in [-0.4, -0.2) is 63.0 Å². The van der Waals surface area contributed by atoms with Gasteiger partial charge in [-0.25, -0.2) is 9.98 Å². The third kappa shape index (κ3) is 2.90. The van der Waals surface area contributed by atoms with Crippen LogP contribution in [0.15, 0.2) is 23.2 Å². The molecule has 2 atom stereocenters. The first-order valence-corrected chi connectivity index (χ1v) is 10.8. The van der Waals surface area contributed by atoms with Crippen molar-refractivity contribution in [3.8, 4) is 5.75 Å². The van der Waals surface area contributed by atoms with Crippen molar-refractivity contribution < 1.29 is 14.7 Å².